The van der Waals surface area contributed by atoms with Crippen molar-refractivity contribution in [3.8, 4) is 0 Å². The van der Waals surface area contributed by atoms with E-state index in [0.717, 1.165) is 36.5 Å². The van der Waals surface area contributed by atoms with Gasteiger partial charge in [-0.05, 0) is 56.1 Å². The molecule has 2 saturated carbocycles. The Morgan fingerprint density at radius 3 is 2.86 bits per heavy atom. The molecule has 4 rings (SSSR count). The van der Waals surface area contributed by atoms with Crippen LogP contribution >= 0.6 is 11.6 Å². The predicted octanol–water partition coefficient (Wildman–Crippen LogP) is 3.09. The van der Waals surface area contributed by atoms with Crippen LogP contribution < -0.4 is 5.32 Å². The summed E-state index contributed by atoms with van der Waals surface area (Å²) in [6.07, 6.45) is 9.20. The number of pyridine rings is 1. The van der Waals surface area contributed by atoms with Crippen LogP contribution in [-0.4, -0.2) is 34.6 Å². The summed E-state index contributed by atoms with van der Waals surface area (Å²) in [5.41, 5.74) is 1.51. The van der Waals surface area contributed by atoms with Crippen molar-refractivity contribution in [1.82, 2.24) is 15.2 Å². The molecule has 2 atom stereocenters. The van der Waals surface area contributed by atoms with Gasteiger partial charge in [-0.25, -0.2) is 0 Å². The van der Waals surface area contributed by atoms with Crippen LogP contribution in [0.5, 0.6) is 0 Å². The van der Waals surface area contributed by atoms with E-state index >= 15 is 0 Å². The summed E-state index contributed by atoms with van der Waals surface area (Å²) in [6, 6.07) is 2.75. The van der Waals surface area contributed by atoms with Crippen LogP contribution in [-0.2, 0) is 6.54 Å². The number of rotatable bonds is 4. The number of nitrogens with one attached hydrogen (secondary N) is 1. The Morgan fingerprint density at radius 2 is 2.19 bits per heavy atom. The average Bonchev–Trinajstić information content (AvgIpc) is 3.36. The average molecular weight is 306 g/mol. The van der Waals surface area contributed by atoms with Crippen molar-refractivity contribution in [3.63, 3.8) is 0 Å². The van der Waals surface area contributed by atoms with Crippen molar-refractivity contribution in [2.24, 2.45) is 11.8 Å². The van der Waals surface area contributed by atoms with Gasteiger partial charge in [-0.15, -0.1) is 0 Å². The first kappa shape index (κ1) is 14.0. The molecular weight excluding hydrogens is 282 g/mol. The second-order valence-electron chi connectivity index (χ2n) is 7.30. The van der Waals surface area contributed by atoms with Crippen molar-refractivity contribution >= 4 is 11.6 Å². The van der Waals surface area contributed by atoms with Gasteiger partial charge in [0.1, 0.15) is 0 Å². The van der Waals surface area contributed by atoms with Crippen LogP contribution in [0.25, 0.3) is 0 Å². The third-order valence-electron chi connectivity index (χ3n) is 5.73. The Labute approximate surface area is 132 Å². The van der Waals surface area contributed by atoms with E-state index in [1.807, 2.05) is 6.20 Å². The molecule has 0 radical (unpaired) electrons. The fourth-order valence-electron chi connectivity index (χ4n) is 3.87. The minimum absolute atomic E-state index is 0.290. The van der Waals surface area contributed by atoms with Gasteiger partial charge >= 0.3 is 0 Å². The smallest absolute Gasteiger partial charge is 0.0634 e. The monoisotopic (exact) mass is 305 g/mol. The summed E-state index contributed by atoms with van der Waals surface area (Å²) in [4.78, 5) is 6.81. The molecule has 1 aliphatic heterocycles. The lowest BCUT2D eigenvalue weighted by Crippen LogP contribution is -2.64. The summed E-state index contributed by atoms with van der Waals surface area (Å²) < 4.78 is 0. The molecule has 2 aliphatic carbocycles. The third kappa shape index (κ3) is 2.71. The molecule has 2 unspecified atom stereocenters. The summed E-state index contributed by atoms with van der Waals surface area (Å²) in [6.45, 7) is 5.69. The maximum absolute atomic E-state index is 6.34. The van der Waals surface area contributed by atoms with E-state index in [1.54, 1.807) is 6.20 Å². The number of hydrogen-bond donors (Lipinski definition) is 1. The third-order valence-corrected chi connectivity index (χ3v) is 6.07. The number of hydrogen-bond acceptors (Lipinski definition) is 3. The van der Waals surface area contributed by atoms with Crippen LogP contribution in [0.15, 0.2) is 18.5 Å². The van der Waals surface area contributed by atoms with Crippen molar-refractivity contribution in [2.75, 3.05) is 13.1 Å². The van der Waals surface area contributed by atoms with Gasteiger partial charge < -0.3 is 5.32 Å². The fraction of sp³-hybridized carbons (Fsp3) is 0.706. The summed E-state index contributed by atoms with van der Waals surface area (Å²) >= 11 is 6.34. The zero-order valence-corrected chi connectivity index (χ0v) is 13.4. The molecule has 0 bridgehead atoms. The molecule has 4 heteroatoms. The van der Waals surface area contributed by atoms with E-state index in [1.165, 1.54) is 31.2 Å². The van der Waals surface area contributed by atoms with E-state index < -0.39 is 0 Å². The predicted molar refractivity (Wildman–Crippen MR) is 85.3 cm³/mol. The molecular formula is C17H24ClN3. The quantitative estimate of drug-likeness (QED) is 0.926. The lowest BCUT2D eigenvalue weighted by molar-refractivity contribution is 0.0234. The first-order chi connectivity index (χ1) is 10.2. The molecule has 1 aromatic heterocycles. The van der Waals surface area contributed by atoms with Gasteiger partial charge in [0.05, 0.1) is 5.02 Å². The molecule has 3 nitrogen and oxygen atoms in total. The maximum Gasteiger partial charge on any atom is 0.0634 e. The highest BCUT2D eigenvalue weighted by Gasteiger charge is 2.50. The molecule has 21 heavy (non-hydrogen) atoms. The van der Waals surface area contributed by atoms with Crippen LogP contribution in [0.1, 0.15) is 38.2 Å². The van der Waals surface area contributed by atoms with E-state index in [9.17, 15) is 0 Å². The van der Waals surface area contributed by atoms with Crippen molar-refractivity contribution in [1.29, 1.82) is 0 Å². The van der Waals surface area contributed by atoms with Crippen molar-refractivity contribution in [2.45, 2.75) is 50.7 Å². The number of halogens is 1. The van der Waals surface area contributed by atoms with E-state index in [4.69, 9.17) is 11.6 Å². The molecule has 3 fully saturated rings. The number of aromatic nitrogens is 1. The van der Waals surface area contributed by atoms with Gasteiger partial charge in [-0.1, -0.05) is 11.6 Å². The Hall–Kier alpha value is -0.640. The largest absolute Gasteiger partial charge is 0.311 e. The highest BCUT2D eigenvalue weighted by Crippen LogP contribution is 2.46. The lowest BCUT2D eigenvalue weighted by atomic mass is 9.88. The molecule has 114 valence electrons. The Morgan fingerprint density at radius 1 is 1.38 bits per heavy atom. The first-order valence-corrected chi connectivity index (χ1v) is 8.61. The first-order valence-electron chi connectivity index (χ1n) is 8.23. The number of nitrogens with zero attached hydrogens (tertiary/aromatic N) is 2. The van der Waals surface area contributed by atoms with E-state index in [0.29, 0.717) is 6.04 Å². The van der Waals surface area contributed by atoms with E-state index in [2.05, 4.69) is 28.2 Å². The minimum Gasteiger partial charge on any atom is -0.311 e. The number of piperazine rings is 1. The SMILES string of the molecule is CC1(C2CC2)CNC(C2CC2)CN1Cc1ccncc1Cl. The second-order valence-corrected chi connectivity index (χ2v) is 7.71. The summed E-state index contributed by atoms with van der Waals surface area (Å²) in [5.74, 6) is 1.76. The molecule has 1 N–H and O–H groups in total. The fourth-order valence-corrected chi connectivity index (χ4v) is 4.04. The second kappa shape index (κ2) is 5.22. The van der Waals surface area contributed by atoms with Crippen LogP contribution in [0.3, 0.4) is 0 Å². The molecule has 1 saturated heterocycles. The maximum atomic E-state index is 6.34. The van der Waals surface area contributed by atoms with Gasteiger partial charge in [0.2, 0.25) is 0 Å². The highest BCUT2D eigenvalue weighted by molar-refractivity contribution is 6.31. The van der Waals surface area contributed by atoms with Gasteiger partial charge in [0, 0.05) is 43.6 Å². The normalized spacial score (nSPS) is 34.1. The van der Waals surface area contributed by atoms with Gasteiger partial charge in [0.15, 0.2) is 0 Å². The zero-order valence-electron chi connectivity index (χ0n) is 12.7. The topological polar surface area (TPSA) is 28.2 Å². The molecule has 0 amide bonds. The van der Waals surface area contributed by atoms with E-state index in [-0.39, 0.29) is 5.54 Å². The van der Waals surface area contributed by atoms with Crippen LogP contribution in [0.4, 0.5) is 0 Å². The Bertz CT molecular complexity index is 527. The van der Waals surface area contributed by atoms with Crippen molar-refractivity contribution in [3.05, 3.63) is 29.0 Å². The zero-order chi connectivity index (χ0) is 14.4. The minimum atomic E-state index is 0.290. The summed E-state index contributed by atoms with van der Waals surface area (Å²) in [5, 5.41) is 4.64. The Balaban J connectivity index is 1.56. The van der Waals surface area contributed by atoms with Crippen LogP contribution in [0, 0.1) is 11.8 Å². The van der Waals surface area contributed by atoms with Gasteiger partial charge in [-0.3, -0.25) is 9.88 Å². The van der Waals surface area contributed by atoms with Crippen LogP contribution in [0.2, 0.25) is 5.02 Å². The summed E-state index contributed by atoms with van der Waals surface area (Å²) in [7, 11) is 0. The molecule has 0 spiro atoms. The van der Waals surface area contributed by atoms with Gasteiger partial charge in [0.25, 0.3) is 0 Å². The standard InChI is InChI=1S/C17H24ClN3/c1-17(14-4-5-14)11-20-16(12-2-3-12)10-21(17)9-13-6-7-19-8-15(13)18/h6-8,12,14,16,20H,2-5,9-11H2,1H3. The molecule has 2 heterocycles. The molecule has 3 aliphatic rings. The molecule has 0 aromatic carbocycles. The highest BCUT2D eigenvalue weighted by atomic mass is 35.5. The molecule has 1 aromatic rings. The Kier molecular flexibility index (Phi) is 3.48. The lowest BCUT2D eigenvalue weighted by Gasteiger charge is -2.49. The van der Waals surface area contributed by atoms with Crippen molar-refractivity contribution < 1.29 is 0 Å². The van der Waals surface area contributed by atoms with Gasteiger partial charge in [-0.2, -0.15) is 0 Å².